The summed E-state index contributed by atoms with van der Waals surface area (Å²) in [6, 6.07) is 11.8. The maximum absolute atomic E-state index is 9.94. The molecule has 0 spiro atoms. The molecule has 0 saturated carbocycles. The monoisotopic (exact) mass is 271 g/mol. The Labute approximate surface area is 119 Å². The summed E-state index contributed by atoms with van der Waals surface area (Å²) in [7, 11) is 0. The Morgan fingerprint density at radius 2 is 1.65 bits per heavy atom. The van der Waals surface area contributed by atoms with Gasteiger partial charge in [-0.25, -0.2) is 0 Å². The van der Waals surface area contributed by atoms with E-state index in [2.05, 4.69) is 5.32 Å². The SMILES string of the molecule is Cc1cc(O)c(CNc2ccc(CCO)cc2)cc1C. The van der Waals surface area contributed by atoms with Crippen LogP contribution in [0.15, 0.2) is 36.4 Å². The Kier molecular flexibility index (Phi) is 4.64. The van der Waals surface area contributed by atoms with Crippen LogP contribution in [0.2, 0.25) is 0 Å². The molecule has 0 aliphatic rings. The van der Waals surface area contributed by atoms with Crippen LogP contribution >= 0.6 is 0 Å². The molecule has 0 unspecified atom stereocenters. The Morgan fingerprint density at radius 1 is 1.00 bits per heavy atom. The standard InChI is InChI=1S/C17H21NO2/c1-12-9-15(17(20)10-13(12)2)11-18-16-5-3-14(4-6-16)7-8-19/h3-6,9-10,18-20H,7-8,11H2,1-2H3. The number of aromatic hydroxyl groups is 1. The second-order valence-corrected chi connectivity index (χ2v) is 5.09. The van der Waals surface area contributed by atoms with Gasteiger partial charge in [0.15, 0.2) is 0 Å². The second-order valence-electron chi connectivity index (χ2n) is 5.09. The summed E-state index contributed by atoms with van der Waals surface area (Å²) in [5.41, 5.74) is 5.29. The third-order valence-electron chi connectivity index (χ3n) is 3.53. The Morgan fingerprint density at radius 3 is 2.30 bits per heavy atom. The van der Waals surface area contributed by atoms with Crippen LogP contribution in [-0.4, -0.2) is 16.8 Å². The molecular weight excluding hydrogens is 250 g/mol. The van der Waals surface area contributed by atoms with Gasteiger partial charge in [0.2, 0.25) is 0 Å². The third kappa shape index (κ3) is 3.52. The lowest BCUT2D eigenvalue weighted by atomic mass is 10.0. The van der Waals surface area contributed by atoms with E-state index in [0.717, 1.165) is 22.4 Å². The molecule has 0 bridgehead atoms. The van der Waals surface area contributed by atoms with Gasteiger partial charge in [-0.1, -0.05) is 18.2 Å². The van der Waals surface area contributed by atoms with Crippen LogP contribution in [0.5, 0.6) is 5.75 Å². The van der Waals surface area contributed by atoms with E-state index in [-0.39, 0.29) is 6.61 Å². The molecule has 2 aromatic carbocycles. The molecule has 0 saturated heterocycles. The predicted molar refractivity (Wildman–Crippen MR) is 82.1 cm³/mol. The van der Waals surface area contributed by atoms with Gasteiger partial charge in [0.25, 0.3) is 0 Å². The molecule has 3 nitrogen and oxygen atoms in total. The summed E-state index contributed by atoms with van der Waals surface area (Å²) in [6.45, 7) is 4.80. The van der Waals surface area contributed by atoms with E-state index in [1.807, 2.05) is 44.2 Å². The summed E-state index contributed by atoms with van der Waals surface area (Å²) in [5.74, 6) is 0.331. The van der Waals surface area contributed by atoms with E-state index in [4.69, 9.17) is 5.11 Å². The lowest BCUT2D eigenvalue weighted by Gasteiger charge is -2.11. The number of nitrogens with one attached hydrogen (secondary N) is 1. The van der Waals surface area contributed by atoms with Crippen LogP contribution in [0, 0.1) is 13.8 Å². The van der Waals surface area contributed by atoms with E-state index in [0.29, 0.717) is 18.7 Å². The van der Waals surface area contributed by atoms with Gasteiger partial charge in [-0.05, 0) is 55.2 Å². The van der Waals surface area contributed by atoms with Crippen molar-refractivity contribution in [2.75, 3.05) is 11.9 Å². The summed E-state index contributed by atoms with van der Waals surface area (Å²) in [4.78, 5) is 0. The maximum atomic E-state index is 9.94. The fourth-order valence-electron chi connectivity index (χ4n) is 2.12. The van der Waals surface area contributed by atoms with E-state index in [1.165, 1.54) is 5.56 Å². The van der Waals surface area contributed by atoms with Gasteiger partial charge in [-0.15, -0.1) is 0 Å². The minimum Gasteiger partial charge on any atom is -0.508 e. The number of benzene rings is 2. The summed E-state index contributed by atoms with van der Waals surface area (Å²) in [5, 5.41) is 22.1. The number of aliphatic hydroxyl groups excluding tert-OH is 1. The van der Waals surface area contributed by atoms with Crippen LogP contribution in [0.1, 0.15) is 22.3 Å². The Balaban J connectivity index is 2.03. The lowest BCUT2D eigenvalue weighted by molar-refractivity contribution is 0.299. The maximum Gasteiger partial charge on any atom is 0.120 e. The molecule has 0 aliphatic heterocycles. The summed E-state index contributed by atoms with van der Waals surface area (Å²) >= 11 is 0. The van der Waals surface area contributed by atoms with Crippen LogP contribution in [-0.2, 0) is 13.0 Å². The lowest BCUT2D eigenvalue weighted by Crippen LogP contribution is -2.01. The minimum absolute atomic E-state index is 0.170. The van der Waals surface area contributed by atoms with Crippen molar-refractivity contribution < 1.29 is 10.2 Å². The van der Waals surface area contributed by atoms with Crippen molar-refractivity contribution in [3.8, 4) is 5.75 Å². The van der Waals surface area contributed by atoms with Crippen LogP contribution in [0.3, 0.4) is 0 Å². The fourth-order valence-corrected chi connectivity index (χ4v) is 2.12. The molecule has 0 fully saturated rings. The van der Waals surface area contributed by atoms with E-state index < -0.39 is 0 Å². The van der Waals surface area contributed by atoms with Crippen molar-refractivity contribution in [3.05, 3.63) is 58.7 Å². The number of aliphatic hydroxyl groups is 1. The van der Waals surface area contributed by atoms with Gasteiger partial charge in [-0.2, -0.15) is 0 Å². The Hall–Kier alpha value is -2.00. The van der Waals surface area contributed by atoms with Gasteiger partial charge < -0.3 is 15.5 Å². The number of rotatable bonds is 5. The molecule has 0 amide bonds. The predicted octanol–water partition coefficient (Wildman–Crippen LogP) is 3.16. The van der Waals surface area contributed by atoms with Gasteiger partial charge >= 0.3 is 0 Å². The highest BCUT2D eigenvalue weighted by atomic mass is 16.3. The Bertz CT molecular complexity index is 576. The zero-order chi connectivity index (χ0) is 14.5. The van der Waals surface area contributed by atoms with E-state index >= 15 is 0 Å². The average molecular weight is 271 g/mol. The number of aryl methyl sites for hydroxylation is 2. The highest BCUT2D eigenvalue weighted by Crippen LogP contribution is 2.23. The third-order valence-corrected chi connectivity index (χ3v) is 3.53. The number of anilines is 1. The smallest absolute Gasteiger partial charge is 0.120 e. The van der Waals surface area contributed by atoms with Crippen LogP contribution in [0.4, 0.5) is 5.69 Å². The van der Waals surface area contributed by atoms with Gasteiger partial charge in [0, 0.05) is 24.4 Å². The van der Waals surface area contributed by atoms with E-state index in [1.54, 1.807) is 6.07 Å². The van der Waals surface area contributed by atoms with Gasteiger partial charge in [0.05, 0.1) is 0 Å². The molecule has 106 valence electrons. The molecule has 0 aliphatic carbocycles. The van der Waals surface area contributed by atoms with Crippen LogP contribution < -0.4 is 5.32 Å². The van der Waals surface area contributed by atoms with Crippen molar-refractivity contribution in [1.82, 2.24) is 0 Å². The molecule has 0 aromatic heterocycles. The van der Waals surface area contributed by atoms with Crippen molar-refractivity contribution in [3.63, 3.8) is 0 Å². The highest BCUT2D eigenvalue weighted by molar-refractivity contribution is 5.48. The molecule has 3 N–H and O–H groups in total. The molecule has 20 heavy (non-hydrogen) atoms. The van der Waals surface area contributed by atoms with Crippen LogP contribution in [0.25, 0.3) is 0 Å². The first-order valence-corrected chi connectivity index (χ1v) is 6.83. The summed E-state index contributed by atoms with van der Waals surface area (Å²) in [6.07, 6.45) is 0.679. The molecule has 3 heteroatoms. The first kappa shape index (κ1) is 14.4. The molecular formula is C17H21NO2. The fraction of sp³-hybridized carbons (Fsp3) is 0.294. The first-order chi connectivity index (χ1) is 9.60. The summed E-state index contributed by atoms with van der Waals surface area (Å²) < 4.78 is 0. The highest BCUT2D eigenvalue weighted by Gasteiger charge is 2.04. The molecule has 2 rings (SSSR count). The minimum atomic E-state index is 0.170. The normalized spacial score (nSPS) is 10.6. The number of phenols is 1. The van der Waals surface area contributed by atoms with Gasteiger partial charge in [-0.3, -0.25) is 0 Å². The van der Waals surface area contributed by atoms with Crippen molar-refractivity contribution in [1.29, 1.82) is 0 Å². The van der Waals surface area contributed by atoms with Crippen molar-refractivity contribution >= 4 is 5.69 Å². The molecule has 0 atom stereocenters. The average Bonchev–Trinajstić information content (AvgIpc) is 2.43. The topological polar surface area (TPSA) is 52.5 Å². The number of phenolic OH excluding ortho intramolecular Hbond substituents is 1. The quantitative estimate of drug-likeness (QED) is 0.783. The molecule has 0 radical (unpaired) electrons. The van der Waals surface area contributed by atoms with E-state index in [9.17, 15) is 5.11 Å². The second kappa shape index (κ2) is 6.44. The molecule has 2 aromatic rings. The van der Waals surface area contributed by atoms with Crippen molar-refractivity contribution in [2.24, 2.45) is 0 Å². The van der Waals surface area contributed by atoms with Gasteiger partial charge in [0.1, 0.15) is 5.75 Å². The zero-order valence-corrected chi connectivity index (χ0v) is 12.0. The zero-order valence-electron chi connectivity index (χ0n) is 12.0. The largest absolute Gasteiger partial charge is 0.508 e. The van der Waals surface area contributed by atoms with Crippen molar-refractivity contribution in [2.45, 2.75) is 26.8 Å². The number of hydrogen-bond acceptors (Lipinski definition) is 3. The number of hydrogen-bond donors (Lipinski definition) is 3. The first-order valence-electron chi connectivity index (χ1n) is 6.83. The molecule has 0 heterocycles.